The SMILES string of the molecule is Nc1cc(SC(F)(F)F)cc2c1SCC(=O)N2. The fourth-order valence-corrected chi connectivity index (χ4v) is 2.86. The van der Waals surface area contributed by atoms with E-state index in [9.17, 15) is 18.0 Å². The second-order valence-electron chi connectivity index (χ2n) is 3.27. The number of nitrogens with two attached hydrogens (primary N) is 1. The van der Waals surface area contributed by atoms with Gasteiger partial charge in [-0.05, 0) is 23.9 Å². The predicted octanol–water partition coefficient (Wildman–Crippen LogP) is 2.92. The number of halogens is 3. The topological polar surface area (TPSA) is 55.1 Å². The second-order valence-corrected chi connectivity index (χ2v) is 5.40. The lowest BCUT2D eigenvalue weighted by atomic mass is 10.2. The molecule has 0 fully saturated rings. The van der Waals surface area contributed by atoms with Crippen LogP contribution in [0.1, 0.15) is 0 Å². The molecule has 0 spiro atoms. The fraction of sp³-hybridized carbons (Fsp3) is 0.222. The molecule has 1 amide bonds. The minimum atomic E-state index is -4.37. The molecule has 0 saturated carbocycles. The Hall–Kier alpha value is -1.02. The van der Waals surface area contributed by atoms with Crippen LogP contribution in [0.5, 0.6) is 0 Å². The first-order valence-corrected chi connectivity index (χ1v) is 6.27. The highest BCUT2D eigenvalue weighted by atomic mass is 32.2. The van der Waals surface area contributed by atoms with Gasteiger partial charge in [0.25, 0.3) is 0 Å². The lowest BCUT2D eigenvalue weighted by molar-refractivity contribution is -0.113. The van der Waals surface area contributed by atoms with Crippen LogP contribution in [0.2, 0.25) is 0 Å². The molecule has 1 aromatic rings. The second kappa shape index (κ2) is 4.34. The average Bonchev–Trinajstić information content (AvgIpc) is 2.13. The summed E-state index contributed by atoms with van der Waals surface area (Å²) in [5, 5.41) is 2.51. The Morgan fingerprint density at radius 2 is 2.12 bits per heavy atom. The van der Waals surface area contributed by atoms with Gasteiger partial charge in [0.05, 0.1) is 16.3 Å². The van der Waals surface area contributed by atoms with E-state index in [1.165, 1.54) is 23.9 Å². The molecule has 2 rings (SSSR count). The number of nitrogen functional groups attached to an aromatic ring is 1. The van der Waals surface area contributed by atoms with Crippen molar-refractivity contribution < 1.29 is 18.0 Å². The van der Waals surface area contributed by atoms with Gasteiger partial charge in [-0.3, -0.25) is 4.79 Å². The first-order valence-electron chi connectivity index (χ1n) is 4.47. The summed E-state index contributed by atoms with van der Waals surface area (Å²) >= 11 is 0.971. The van der Waals surface area contributed by atoms with Crippen LogP contribution in [0.4, 0.5) is 24.5 Å². The van der Waals surface area contributed by atoms with Crippen LogP contribution >= 0.6 is 23.5 Å². The van der Waals surface area contributed by atoms with E-state index in [0.29, 0.717) is 10.6 Å². The van der Waals surface area contributed by atoms with E-state index >= 15 is 0 Å². The number of thioether (sulfide) groups is 2. The number of fused-ring (bicyclic) bond motifs is 1. The first kappa shape index (κ1) is 12.4. The largest absolute Gasteiger partial charge is 0.446 e. The molecule has 92 valence electrons. The van der Waals surface area contributed by atoms with Crippen LogP contribution in [-0.4, -0.2) is 17.2 Å². The molecule has 0 aromatic heterocycles. The summed E-state index contributed by atoms with van der Waals surface area (Å²) in [5.74, 6) is -0.0146. The summed E-state index contributed by atoms with van der Waals surface area (Å²) in [5.41, 5.74) is 1.88. The van der Waals surface area contributed by atoms with E-state index in [2.05, 4.69) is 5.32 Å². The van der Waals surface area contributed by atoms with Crippen LogP contribution in [0.15, 0.2) is 21.9 Å². The number of carbonyl (C=O) groups excluding carboxylic acids is 1. The Bertz CT molecular complexity index is 476. The summed E-state index contributed by atoms with van der Waals surface area (Å²) in [6.07, 6.45) is 0. The number of nitrogens with one attached hydrogen (secondary N) is 1. The van der Waals surface area contributed by atoms with Crippen LogP contribution in [-0.2, 0) is 4.79 Å². The highest BCUT2D eigenvalue weighted by Crippen LogP contribution is 2.43. The van der Waals surface area contributed by atoms with Crippen molar-refractivity contribution in [1.29, 1.82) is 0 Å². The van der Waals surface area contributed by atoms with Crippen LogP contribution < -0.4 is 11.1 Å². The van der Waals surface area contributed by atoms with E-state index in [-0.39, 0.29) is 34.0 Å². The molecule has 0 atom stereocenters. The number of alkyl halides is 3. The van der Waals surface area contributed by atoms with E-state index in [1.54, 1.807) is 0 Å². The minimum absolute atomic E-state index is 0.0310. The molecule has 0 bridgehead atoms. The third-order valence-electron chi connectivity index (χ3n) is 1.95. The van der Waals surface area contributed by atoms with Crippen molar-refractivity contribution in [3.63, 3.8) is 0 Å². The summed E-state index contributed by atoms with van der Waals surface area (Å²) in [4.78, 5) is 11.7. The summed E-state index contributed by atoms with van der Waals surface area (Å²) in [6.45, 7) is 0. The number of carbonyl (C=O) groups is 1. The van der Waals surface area contributed by atoms with Crippen molar-refractivity contribution in [1.82, 2.24) is 0 Å². The molecule has 0 unspecified atom stereocenters. The van der Waals surface area contributed by atoms with Crippen molar-refractivity contribution in [2.24, 2.45) is 0 Å². The third-order valence-corrected chi connectivity index (χ3v) is 3.80. The molecule has 3 N–H and O–H groups in total. The van der Waals surface area contributed by atoms with Gasteiger partial charge in [-0.25, -0.2) is 0 Å². The van der Waals surface area contributed by atoms with Crippen LogP contribution in [0, 0.1) is 0 Å². The number of hydrogen-bond acceptors (Lipinski definition) is 4. The Kier molecular flexibility index (Phi) is 3.17. The molecule has 0 aliphatic carbocycles. The van der Waals surface area contributed by atoms with Gasteiger partial charge in [-0.1, -0.05) is 0 Å². The Balaban J connectivity index is 2.35. The monoisotopic (exact) mass is 280 g/mol. The normalized spacial score (nSPS) is 15.4. The molecule has 17 heavy (non-hydrogen) atoms. The van der Waals surface area contributed by atoms with Gasteiger partial charge in [0.15, 0.2) is 0 Å². The molecule has 1 aromatic carbocycles. The number of benzene rings is 1. The zero-order valence-corrected chi connectivity index (χ0v) is 9.93. The van der Waals surface area contributed by atoms with Crippen molar-refractivity contribution in [2.75, 3.05) is 16.8 Å². The quantitative estimate of drug-likeness (QED) is 0.613. The van der Waals surface area contributed by atoms with Crippen LogP contribution in [0.3, 0.4) is 0 Å². The van der Waals surface area contributed by atoms with E-state index in [4.69, 9.17) is 5.73 Å². The first-order chi connectivity index (χ1) is 7.85. The lowest BCUT2D eigenvalue weighted by Gasteiger charge is -2.19. The number of anilines is 2. The van der Waals surface area contributed by atoms with Crippen molar-refractivity contribution in [2.45, 2.75) is 15.3 Å². The molecule has 0 radical (unpaired) electrons. The van der Waals surface area contributed by atoms with Gasteiger partial charge in [0.2, 0.25) is 5.91 Å². The van der Waals surface area contributed by atoms with E-state index < -0.39 is 5.51 Å². The highest BCUT2D eigenvalue weighted by molar-refractivity contribution is 8.00. The van der Waals surface area contributed by atoms with E-state index in [1.807, 2.05) is 0 Å². The highest BCUT2D eigenvalue weighted by Gasteiger charge is 2.30. The van der Waals surface area contributed by atoms with Crippen molar-refractivity contribution >= 4 is 40.8 Å². The number of hydrogen-bond donors (Lipinski definition) is 2. The number of amides is 1. The fourth-order valence-electron chi connectivity index (χ4n) is 1.39. The Morgan fingerprint density at radius 1 is 1.41 bits per heavy atom. The zero-order chi connectivity index (χ0) is 12.6. The van der Waals surface area contributed by atoms with E-state index in [0.717, 1.165) is 0 Å². The summed E-state index contributed by atoms with van der Waals surface area (Å²) in [6, 6.07) is 2.55. The van der Waals surface area contributed by atoms with Gasteiger partial charge in [0.1, 0.15) is 0 Å². The van der Waals surface area contributed by atoms with Crippen molar-refractivity contribution in [3.8, 4) is 0 Å². The lowest BCUT2D eigenvalue weighted by Crippen LogP contribution is -2.19. The van der Waals surface area contributed by atoms with Crippen molar-refractivity contribution in [3.05, 3.63) is 12.1 Å². The van der Waals surface area contributed by atoms with Gasteiger partial charge in [-0.15, -0.1) is 11.8 Å². The van der Waals surface area contributed by atoms with Gasteiger partial charge in [0, 0.05) is 10.6 Å². The molecule has 1 heterocycles. The maximum Gasteiger partial charge on any atom is 0.446 e. The van der Waals surface area contributed by atoms with Gasteiger partial charge in [-0.2, -0.15) is 13.2 Å². The standard InChI is InChI=1S/C9H7F3N2OS2/c10-9(11,12)17-4-1-5(13)8-6(2-4)14-7(15)3-16-8/h1-2H,3,13H2,(H,14,15). The predicted molar refractivity (Wildman–Crippen MR) is 62.1 cm³/mol. The molecule has 8 heteroatoms. The summed E-state index contributed by atoms with van der Waals surface area (Å²) < 4.78 is 36.6. The maximum absolute atomic E-state index is 12.2. The van der Waals surface area contributed by atoms with Crippen LogP contribution in [0.25, 0.3) is 0 Å². The smallest absolute Gasteiger partial charge is 0.398 e. The van der Waals surface area contributed by atoms with Gasteiger partial charge < -0.3 is 11.1 Å². The third kappa shape index (κ3) is 3.01. The molecule has 3 nitrogen and oxygen atoms in total. The Labute approximate surface area is 103 Å². The molecule has 1 aliphatic rings. The summed E-state index contributed by atoms with van der Waals surface area (Å²) in [7, 11) is 0. The number of rotatable bonds is 1. The minimum Gasteiger partial charge on any atom is -0.398 e. The average molecular weight is 280 g/mol. The molecule has 1 aliphatic heterocycles. The molecular weight excluding hydrogens is 273 g/mol. The Morgan fingerprint density at radius 3 is 2.76 bits per heavy atom. The maximum atomic E-state index is 12.2. The molecule has 0 saturated heterocycles. The molecular formula is C9H7F3N2OS2. The zero-order valence-electron chi connectivity index (χ0n) is 8.30. The van der Waals surface area contributed by atoms with Gasteiger partial charge >= 0.3 is 5.51 Å².